The molecule has 0 aromatic carbocycles. The molecule has 1 fully saturated rings. The molecule has 0 saturated heterocycles. The van der Waals surface area contributed by atoms with Gasteiger partial charge in [0.1, 0.15) is 0 Å². The van der Waals surface area contributed by atoms with Gasteiger partial charge in [-0.1, -0.05) is 18.0 Å². The smallest absolute Gasteiger partial charge is 0.248 e. The molecule has 2 rings (SSSR count). The number of hydrogen-bond donors (Lipinski definition) is 1. The molecule has 1 aliphatic rings. The third kappa shape index (κ3) is 5.39. The quantitative estimate of drug-likeness (QED) is 0.773. The van der Waals surface area contributed by atoms with Gasteiger partial charge in [0.25, 0.3) is 0 Å². The maximum Gasteiger partial charge on any atom is 0.248 e. The van der Waals surface area contributed by atoms with E-state index in [1.165, 1.54) is 0 Å². The van der Waals surface area contributed by atoms with Crippen LogP contribution in [-0.4, -0.2) is 22.3 Å². The zero-order valence-electron chi connectivity index (χ0n) is 13.5. The molecule has 1 saturated carbocycles. The molecule has 0 spiro atoms. The lowest BCUT2D eigenvalue weighted by atomic mass is 9.82. The molecule has 22 heavy (non-hydrogen) atoms. The van der Waals surface area contributed by atoms with Crippen LogP contribution in [0.2, 0.25) is 0 Å². The molecule has 1 atom stereocenters. The van der Waals surface area contributed by atoms with Gasteiger partial charge in [-0.05, 0) is 33.3 Å². The van der Waals surface area contributed by atoms with Gasteiger partial charge in [-0.3, -0.25) is 4.72 Å². The van der Waals surface area contributed by atoms with E-state index in [1.54, 1.807) is 24.2 Å². The van der Waals surface area contributed by atoms with Crippen LogP contribution in [0, 0.1) is 5.92 Å². The van der Waals surface area contributed by atoms with Crippen LogP contribution in [0.15, 0.2) is 18.3 Å². The Hall–Kier alpha value is -0.880. The molecule has 0 unspecified atom stereocenters. The molecule has 0 radical (unpaired) electrons. The van der Waals surface area contributed by atoms with Gasteiger partial charge in [-0.25, -0.2) is 13.8 Å². The first-order valence-corrected chi connectivity index (χ1v) is 8.36. The third-order valence-corrected chi connectivity index (χ3v) is 4.53. The molecule has 1 aromatic rings. The average molecular weight is 330 g/mol. The minimum Gasteiger partial charge on any atom is -0.477 e. The molecule has 0 amide bonds. The highest BCUT2D eigenvalue weighted by atomic mass is 32.2. The fraction of sp³-hybridized carbons (Fsp3) is 0.688. The van der Waals surface area contributed by atoms with E-state index in [0.717, 1.165) is 5.56 Å². The van der Waals surface area contributed by atoms with Crippen molar-refractivity contribution in [2.45, 2.75) is 57.2 Å². The van der Waals surface area contributed by atoms with Crippen molar-refractivity contribution >= 4 is 11.9 Å². The van der Waals surface area contributed by atoms with Crippen LogP contribution in [0.5, 0.6) is 5.88 Å². The van der Waals surface area contributed by atoms with Crippen LogP contribution in [-0.2, 0) is 0 Å². The SMILES string of the molecule is C[C@@H](NSC(C)(C)C)c1ccc(OCC2CC(F)(F)C2)nc1. The third-order valence-electron chi connectivity index (χ3n) is 3.44. The van der Waals surface area contributed by atoms with Gasteiger partial charge in [0.2, 0.25) is 11.8 Å². The summed E-state index contributed by atoms with van der Waals surface area (Å²) in [5.41, 5.74) is 1.07. The molecule has 1 aromatic heterocycles. The van der Waals surface area contributed by atoms with Crippen molar-refractivity contribution in [2.75, 3.05) is 6.61 Å². The number of nitrogens with zero attached hydrogens (tertiary/aromatic N) is 1. The van der Waals surface area contributed by atoms with Crippen LogP contribution >= 0.6 is 11.9 Å². The lowest BCUT2D eigenvalue weighted by molar-refractivity contribution is -0.119. The van der Waals surface area contributed by atoms with Crippen molar-refractivity contribution in [1.29, 1.82) is 0 Å². The number of nitrogens with one attached hydrogen (secondary N) is 1. The van der Waals surface area contributed by atoms with Gasteiger partial charge in [0.15, 0.2) is 0 Å². The second-order valence-electron chi connectivity index (χ2n) is 6.92. The van der Waals surface area contributed by atoms with E-state index < -0.39 is 5.92 Å². The van der Waals surface area contributed by atoms with Crippen LogP contribution in [0.3, 0.4) is 0 Å². The maximum atomic E-state index is 12.7. The summed E-state index contributed by atoms with van der Waals surface area (Å²) in [5.74, 6) is -2.05. The van der Waals surface area contributed by atoms with Crippen molar-refractivity contribution in [3.63, 3.8) is 0 Å². The van der Waals surface area contributed by atoms with Crippen LogP contribution in [0.25, 0.3) is 0 Å². The number of alkyl halides is 2. The summed E-state index contributed by atoms with van der Waals surface area (Å²) in [5, 5.41) is 0. The van der Waals surface area contributed by atoms with Crippen molar-refractivity contribution in [3.8, 4) is 5.88 Å². The van der Waals surface area contributed by atoms with E-state index in [4.69, 9.17) is 4.74 Å². The topological polar surface area (TPSA) is 34.1 Å². The standard InChI is InChI=1S/C16H24F2N2OS/c1-11(20-22-15(2,3)4)13-5-6-14(19-9-13)21-10-12-7-16(17,18)8-12/h5-6,9,11-12,20H,7-8,10H2,1-4H3/t11-/m1/s1. The van der Waals surface area contributed by atoms with Crippen molar-refractivity contribution < 1.29 is 13.5 Å². The lowest BCUT2D eigenvalue weighted by Crippen LogP contribution is -2.38. The van der Waals surface area contributed by atoms with Crippen molar-refractivity contribution in [1.82, 2.24) is 9.71 Å². The Kier molecular flexibility index (Phi) is 5.33. The maximum absolute atomic E-state index is 12.7. The van der Waals surface area contributed by atoms with Gasteiger partial charge < -0.3 is 4.74 Å². The summed E-state index contributed by atoms with van der Waals surface area (Å²) in [7, 11) is 0. The summed E-state index contributed by atoms with van der Waals surface area (Å²) in [4.78, 5) is 4.25. The van der Waals surface area contributed by atoms with Gasteiger partial charge >= 0.3 is 0 Å². The van der Waals surface area contributed by atoms with E-state index in [1.807, 2.05) is 6.07 Å². The molecule has 0 bridgehead atoms. The van der Waals surface area contributed by atoms with Crippen molar-refractivity contribution in [3.05, 3.63) is 23.9 Å². The zero-order chi connectivity index (χ0) is 16.4. The molecule has 124 valence electrons. The molecular formula is C16H24F2N2OS. The Morgan fingerprint density at radius 1 is 1.41 bits per heavy atom. The number of hydrogen-bond acceptors (Lipinski definition) is 4. The minimum absolute atomic E-state index is 0.0553. The summed E-state index contributed by atoms with van der Waals surface area (Å²) in [6, 6.07) is 3.93. The second kappa shape index (κ2) is 6.71. The van der Waals surface area contributed by atoms with Gasteiger partial charge in [0, 0.05) is 41.8 Å². The summed E-state index contributed by atoms with van der Waals surface area (Å²) in [6.07, 6.45) is 1.62. The van der Waals surface area contributed by atoms with Gasteiger partial charge in [-0.2, -0.15) is 0 Å². The predicted molar refractivity (Wildman–Crippen MR) is 86.3 cm³/mol. The number of halogens is 2. The van der Waals surface area contributed by atoms with E-state index in [-0.39, 0.29) is 29.5 Å². The van der Waals surface area contributed by atoms with E-state index in [0.29, 0.717) is 12.5 Å². The fourth-order valence-electron chi connectivity index (χ4n) is 2.17. The first kappa shape index (κ1) is 17.5. The first-order valence-electron chi connectivity index (χ1n) is 7.55. The summed E-state index contributed by atoms with van der Waals surface area (Å²) < 4.78 is 34.5. The molecule has 1 N–H and O–H groups in total. The number of pyridine rings is 1. The van der Waals surface area contributed by atoms with Gasteiger partial charge in [0.05, 0.1) is 6.61 Å². The zero-order valence-corrected chi connectivity index (χ0v) is 14.3. The highest BCUT2D eigenvalue weighted by Gasteiger charge is 2.45. The van der Waals surface area contributed by atoms with Crippen molar-refractivity contribution in [2.24, 2.45) is 5.92 Å². The molecule has 1 heterocycles. The lowest BCUT2D eigenvalue weighted by Gasteiger charge is -2.34. The monoisotopic (exact) mass is 330 g/mol. The molecular weight excluding hydrogens is 306 g/mol. The Labute approximate surface area is 135 Å². The van der Waals surface area contributed by atoms with Crippen LogP contribution in [0.4, 0.5) is 8.78 Å². The molecule has 1 aliphatic carbocycles. The number of ether oxygens (including phenoxy) is 1. The van der Waals surface area contributed by atoms with Crippen LogP contribution < -0.4 is 9.46 Å². The Morgan fingerprint density at radius 2 is 2.09 bits per heavy atom. The minimum atomic E-state index is -2.49. The fourth-order valence-corrected chi connectivity index (χ4v) is 2.84. The van der Waals surface area contributed by atoms with E-state index >= 15 is 0 Å². The van der Waals surface area contributed by atoms with E-state index in [2.05, 4.69) is 37.4 Å². The highest BCUT2D eigenvalue weighted by molar-refractivity contribution is 7.98. The normalized spacial score (nSPS) is 19.5. The Bertz CT molecular complexity index is 480. The first-order chi connectivity index (χ1) is 10.1. The highest BCUT2D eigenvalue weighted by Crippen LogP contribution is 2.42. The van der Waals surface area contributed by atoms with E-state index in [9.17, 15) is 8.78 Å². The van der Waals surface area contributed by atoms with Crippen LogP contribution in [0.1, 0.15) is 52.1 Å². The number of rotatable bonds is 6. The summed E-state index contributed by atoms with van der Waals surface area (Å²) >= 11 is 1.69. The Balaban J connectivity index is 1.77. The Morgan fingerprint density at radius 3 is 2.59 bits per heavy atom. The second-order valence-corrected chi connectivity index (χ2v) is 8.59. The summed E-state index contributed by atoms with van der Waals surface area (Å²) in [6.45, 7) is 8.84. The largest absolute Gasteiger partial charge is 0.477 e. The average Bonchev–Trinajstić information content (AvgIpc) is 2.40. The predicted octanol–water partition coefficient (Wildman–Crippen LogP) is 4.60. The number of aromatic nitrogens is 1. The molecule has 0 aliphatic heterocycles. The molecule has 3 nitrogen and oxygen atoms in total. The van der Waals surface area contributed by atoms with Gasteiger partial charge in [-0.15, -0.1) is 0 Å². The molecule has 6 heteroatoms.